The Morgan fingerprint density at radius 3 is 2.59 bits per heavy atom. The molecule has 1 heterocycles. The van der Waals surface area contributed by atoms with Crippen LogP contribution in [0.2, 0.25) is 0 Å². The number of imide groups is 1. The number of nitrogens with one attached hydrogen (secondary N) is 1. The van der Waals surface area contributed by atoms with Crippen molar-refractivity contribution >= 4 is 56.5 Å². The number of hydrogen-bond acceptors (Lipinski definition) is 5. The highest BCUT2D eigenvalue weighted by Crippen LogP contribution is 2.34. The Hall–Kier alpha value is -2.58. The lowest BCUT2D eigenvalue weighted by Gasteiger charge is -2.13. The molecule has 3 amide bonds. The van der Waals surface area contributed by atoms with Gasteiger partial charge in [0.25, 0.3) is 11.1 Å². The Labute approximate surface area is 181 Å². The summed E-state index contributed by atoms with van der Waals surface area (Å²) >= 11 is 4.15. The van der Waals surface area contributed by atoms with Crippen molar-refractivity contribution in [3.63, 3.8) is 0 Å². The average Bonchev–Trinajstić information content (AvgIpc) is 2.92. The molecule has 2 aromatic carbocycles. The van der Waals surface area contributed by atoms with E-state index < -0.39 is 17.1 Å². The van der Waals surface area contributed by atoms with Crippen molar-refractivity contribution in [1.29, 1.82) is 0 Å². The molecular weight excluding hydrogens is 456 g/mol. The Bertz CT molecular complexity index is 990. The fourth-order valence-electron chi connectivity index (χ4n) is 2.63. The van der Waals surface area contributed by atoms with Gasteiger partial charge >= 0.3 is 0 Å². The van der Waals surface area contributed by atoms with Crippen LogP contribution < -0.4 is 10.1 Å². The summed E-state index contributed by atoms with van der Waals surface area (Å²) in [5, 5.41) is 2.21. The molecule has 1 saturated heterocycles. The molecule has 0 aromatic heterocycles. The molecule has 0 unspecified atom stereocenters. The zero-order valence-corrected chi connectivity index (χ0v) is 18.2. The molecule has 2 aromatic rings. The fourth-order valence-corrected chi connectivity index (χ4v) is 3.85. The molecule has 8 heteroatoms. The smallest absolute Gasteiger partial charge is 0.294 e. The third-order valence-corrected chi connectivity index (χ3v) is 5.49. The highest BCUT2D eigenvalue weighted by Gasteiger charge is 2.36. The lowest BCUT2D eigenvalue weighted by Crippen LogP contribution is -2.36. The van der Waals surface area contributed by atoms with E-state index in [4.69, 9.17) is 4.74 Å². The molecular formula is C21H19BrN2O4S. The Balaban J connectivity index is 1.74. The summed E-state index contributed by atoms with van der Waals surface area (Å²) < 4.78 is 6.47. The first kappa shape index (κ1) is 21.1. The molecule has 1 fully saturated rings. The van der Waals surface area contributed by atoms with Crippen LogP contribution in [0, 0.1) is 0 Å². The minimum Gasteiger partial charge on any atom is -0.490 e. The van der Waals surface area contributed by atoms with Crippen LogP contribution in [0.15, 0.2) is 57.9 Å². The number of nitrogens with zero attached hydrogens (tertiary/aromatic N) is 1. The van der Waals surface area contributed by atoms with Crippen molar-refractivity contribution in [2.45, 2.75) is 20.0 Å². The van der Waals surface area contributed by atoms with E-state index in [1.807, 2.05) is 38.1 Å². The van der Waals surface area contributed by atoms with E-state index in [1.54, 1.807) is 30.3 Å². The number of halogens is 1. The summed E-state index contributed by atoms with van der Waals surface area (Å²) in [6.07, 6.45) is 1.59. The number of hydrogen-bond donors (Lipinski definition) is 1. The van der Waals surface area contributed by atoms with Gasteiger partial charge in [-0.2, -0.15) is 0 Å². The topological polar surface area (TPSA) is 75.7 Å². The summed E-state index contributed by atoms with van der Waals surface area (Å²) in [5.41, 5.74) is 1.27. The third-order valence-electron chi connectivity index (χ3n) is 3.89. The number of rotatable bonds is 6. The van der Waals surface area contributed by atoms with Gasteiger partial charge in [0.1, 0.15) is 12.3 Å². The zero-order chi connectivity index (χ0) is 21.0. The number of carbonyl (C=O) groups excluding carboxylic acids is 3. The number of anilines is 1. The summed E-state index contributed by atoms with van der Waals surface area (Å²) in [4.78, 5) is 38.5. The van der Waals surface area contributed by atoms with E-state index in [2.05, 4.69) is 21.2 Å². The first-order chi connectivity index (χ1) is 13.8. The van der Waals surface area contributed by atoms with Gasteiger partial charge in [-0.15, -0.1) is 0 Å². The lowest BCUT2D eigenvalue weighted by atomic mass is 10.2. The van der Waals surface area contributed by atoms with Gasteiger partial charge in [0.2, 0.25) is 5.91 Å². The highest BCUT2D eigenvalue weighted by molar-refractivity contribution is 9.10. The molecule has 0 spiro atoms. The SMILES string of the molecule is CC(C)Oc1ccccc1/C=C1\SC(=O)N(CC(=O)Nc2ccccc2Br)C1=O. The van der Waals surface area contributed by atoms with Gasteiger partial charge in [-0.05, 0) is 65.8 Å². The molecule has 0 aliphatic carbocycles. The van der Waals surface area contributed by atoms with Gasteiger partial charge < -0.3 is 10.1 Å². The van der Waals surface area contributed by atoms with Crippen LogP contribution in [0.5, 0.6) is 5.75 Å². The second-order valence-electron chi connectivity index (χ2n) is 6.50. The molecule has 3 rings (SSSR count). The Kier molecular flexibility index (Phi) is 6.76. The summed E-state index contributed by atoms with van der Waals surface area (Å²) in [5.74, 6) is -0.327. The van der Waals surface area contributed by atoms with Gasteiger partial charge in [0, 0.05) is 10.0 Å². The number of benzene rings is 2. The predicted molar refractivity (Wildman–Crippen MR) is 118 cm³/mol. The molecule has 0 radical (unpaired) electrons. The second kappa shape index (κ2) is 9.28. The maximum atomic E-state index is 12.7. The van der Waals surface area contributed by atoms with Crippen LogP contribution >= 0.6 is 27.7 Å². The Morgan fingerprint density at radius 1 is 1.17 bits per heavy atom. The standard InChI is InChI=1S/C21H19BrN2O4S/c1-13(2)28-17-10-6-3-7-14(17)11-18-20(26)24(21(27)29-18)12-19(25)23-16-9-5-4-8-15(16)22/h3-11,13H,12H2,1-2H3,(H,23,25)/b18-11-. The van der Waals surface area contributed by atoms with Gasteiger partial charge in [0.15, 0.2) is 0 Å². The number of ether oxygens (including phenoxy) is 1. The van der Waals surface area contributed by atoms with Crippen molar-refractivity contribution < 1.29 is 19.1 Å². The fraction of sp³-hybridized carbons (Fsp3) is 0.190. The van der Waals surface area contributed by atoms with E-state index in [0.29, 0.717) is 21.5 Å². The van der Waals surface area contributed by atoms with Crippen molar-refractivity contribution in [1.82, 2.24) is 4.90 Å². The Morgan fingerprint density at radius 2 is 1.86 bits per heavy atom. The normalized spacial score (nSPS) is 15.3. The first-order valence-corrected chi connectivity index (χ1v) is 10.5. The number of carbonyl (C=O) groups is 3. The third kappa shape index (κ3) is 5.27. The van der Waals surface area contributed by atoms with Crippen molar-refractivity contribution in [2.24, 2.45) is 0 Å². The number of thioether (sulfide) groups is 1. The highest BCUT2D eigenvalue weighted by atomic mass is 79.9. The first-order valence-electron chi connectivity index (χ1n) is 8.90. The van der Waals surface area contributed by atoms with Gasteiger partial charge in [0.05, 0.1) is 16.7 Å². The minimum absolute atomic E-state index is 0.0272. The van der Waals surface area contributed by atoms with Crippen LogP contribution in [0.3, 0.4) is 0 Å². The number of amides is 3. The van der Waals surface area contributed by atoms with Crippen molar-refractivity contribution in [3.8, 4) is 5.75 Å². The molecule has 1 N–H and O–H groups in total. The summed E-state index contributed by atoms with van der Waals surface area (Å²) in [6.45, 7) is 3.47. The molecule has 0 bridgehead atoms. The summed E-state index contributed by atoms with van der Waals surface area (Å²) in [6, 6.07) is 14.4. The van der Waals surface area contributed by atoms with E-state index in [0.717, 1.165) is 16.7 Å². The van der Waals surface area contributed by atoms with Crippen LogP contribution in [0.1, 0.15) is 19.4 Å². The maximum absolute atomic E-state index is 12.7. The molecule has 6 nitrogen and oxygen atoms in total. The molecule has 150 valence electrons. The van der Waals surface area contributed by atoms with E-state index in [9.17, 15) is 14.4 Å². The van der Waals surface area contributed by atoms with Crippen LogP contribution in [0.25, 0.3) is 6.08 Å². The van der Waals surface area contributed by atoms with Gasteiger partial charge in [-0.3, -0.25) is 19.3 Å². The van der Waals surface area contributed by atoms with E-state index >= 15 is 0 Å². The monoisotopic (exact) mass is 474 g/mol. The zero-order valence-electron chi connectivity index (χ0n) is 15.8. The molecule has 0 saturated carbocycles. The maximum Gasteiger partial charge on any atom is 0.294 e. The van der Waals surface area contributed by atoms with Gasteiger partial charge in [-0.25, -0.2) is 0 Å². The van der Waals surface area contributed by atoms with Crippen LogP contribution in [-0.2, 0) is 9.59 Å². The van der Waals surface area contributed by atoms with Crippen molar-refractivity contribution in [2.75, 3.05) is 11.9 Å². The largest absolute Gasteiger partial charge is 0.490 e. The lowest BCUT2D eigenvalue weighted by molar-refractivity contribution is -0.127. The summed E-state index contributed by atoms with van der Waals surface area (Å²) in [7, 11) is 0. The molecule has 1 aliphatic rings. The van der Waals surface area contributed by atoms with Gasteiger partial charge in [-0.1, -0.05) is 30.3 Å². The van der Waals surface area contributed by atoms with Crippen molar-refractivity contribution in [3.05, 3.63) is 63.5 Å². The van der Waals surface area contributed by atoms with Crippen LogP contribution in [-0.4, -0.2) is 34.6 Å². The van der Waals surface area contributed by atoms with E-state index in [-0.39, 0.29) is 17.6 Å². The predicted octanol–water partition coefficient (Wildman–Crippen LogP) is 4.91. The quantitative estimate of drug-likeness (QED) is 0.601. The second-order valence-corrected chi connectivity index (χ2v) is 8.35. The number of para-hydroxylation sites is 2. The molecule has 29 heavy (non-hydrogen) atoms. The minimum atomic E-state index is -0.498. The molecule has 0 atom stereocenters. The average molecular weight is 475 g/mol. The van der Waals surface area contributed by atoms with Crippen LogP contribution in [0.4, 0.5) is 10.5 Å². The van der Waals surface area contributed by atoms with E-state index in [1.165, 1.54) is 0 Å². The molecule has 1 aliphatic heterocycles.